The van der Waals surface area contributed by atoms with Gasteiger partial charge in [-0.3, -0.25) is 0 Å². The monoisotopic (exact) mass is 114 g/mol. The molecule has 0 aliphatic carbocycles. The normalized spacial score (nSPS) is 8.25. The predicted octanol–water partition coefficient (Wildman–Crippen LogP) is -0.0947. The summed E-state index contributed by atoms with van der Waals surface area (Å²) in [4.78, 5) is 4.23. The van der Waals surface area contributed by atoms with E-state index in [2.05, 4.69) is 18.0 Å². The number of nitrogens with two attached hydrogens (primary N) is 2. The van der Waals surface area contributed by atoms with Crippen LogP contribution in [0.3, 0.4) is 0 Å². The van der Waals surface area contributed by atoms with Crippen molar-refractivity contribution in [2.75, 3.05) is 6.54 Å². The zero-order valence-electron chi connectivity index (χ0n) is 4.68. The summed E-state index contributed by atoms with van der Waals surface area (Å²) in [5.41, 5.74) is 5.77. The largest absolute Gasteiger partial charge is 0.412 e. The van der Waals surface area contributed by atoms with E-state index in [1.165, 1.54) is 0 Å². The molecule has 8 heavy (non-hydrogen) atoms. The molecule has 0 aliphatic heterocycles. The molecule has 4 N–H and O–H groups in total. The fourth-order valence-electron chi connectivity index (χ4n) is 0.197. The highest BCUT2D eigenvalue weighted by atomic mass is 16.6. The second kappa shape index (κ2) is 3.23. The van der Waals surface area contributed by atoms with E-state index >= 15 is 0 Å². The topological polar surface area (TPSA) is 61.3 Å². The molecule has 0 bridgehead atoms. The first-order valence-electron chi connectivity index (χ1n) is 2.16. The Hall–Kier alpha value is -0.800. The third-order valence-electron chi connectivity index (χ3n) is 0.783. The molecular formula is C5H10N2O. The van der Waals surface area contributed by atoms with Crippen LogP contribution in [0, 0.1) is 0 Å². The minimum Gasteiger partial charge on any atom is -0.412 e. The molecule has 0 spiro atoms. The molecule has 0 aliphatic rings. The summed E-state index contributed by atoms with van der Waals surface area (Å²) in [6.07, 6.45) is 0. The first-order valence-corrected chi connectivity index (χ1v) is 2.16. The van der Waals surface area contributed by atoms with Crippen LogP contribution >= 0.6 is 0 Å². The molecule has 0 aromatic heterocycles. The van der Waals surface area contributed by atoms with Gasteiger partial charge in [-0.25, -0.2) is 0 Å². The van der Waals surface area contributed by atoms with Gasteiger partial charge in [0.1, 0.15) is 5.76 Å². The maximum Gasteiger partial charge on any atom is 0.143 e. The molecule has 0 unspecified atom stereocenters. The van der Waals surface area contributed by atoms with Crippen LogP contribution < -0.4 is 11.6 Å². The fourth-order valence-corrected chi connectivity index (χ4v) is 0.197. The van der Waals surface area contributed by atoms with E-state index < -0.39 is 0 Å². The van der Waals surface area contributed by atoms with Crippen LogP contribution in [0.4, 0.5) is 0 Å². The summed E-state index contributed by atoms with van der Waals surface area (Å²) in [6.45, 7) is 7.26. The van der Waals surface area contributed by atoms with Gasteiger partial charge in [0.2, 0.25) is 0 Å². The summed E-state index contributed by atoms with van der Waals surface area (Å²) in [5.74, 6) is 5.07. The van der Waals surface area contributed by atoms with Gasteiger partial charge in [0.25, 0.3) is 0 Å². The van der Waals surface area contributed by atoms with Gasteiger partial charge in [-0.15, -0.1) is 0 Å². The molecular weight excluding hydrogens is 104 g/mol. The Bertz CT molecular complexity index is 95.0. The van der Waals surface area contributed by atoms with Gasteiger partial charge in [-0.1, -0.05) is 13.2 Å². The summed E-state index contributed by atoms with van der Waals surface area (Å²) in [7, 11) is 0. The lowest BCUT2D eigenvalue weighted by Crippen LogP contribution is -2.08. The average Bonchev–Trinajstić information content (AvgIpc) is 1.84. The van der Waals surface area contributed by atoms with Crippen LogP contribution in [-0.2, 0) is 4.84 Å². The molecule has 0 amide bonds. The second-order valence-electron chi connectivity index (χ2n) is 1.35. The smallest absolute Gasteiger partial charge is 0.143 e. The van der Waals surface area contributed by atoms with Crippen LogP contribution in [0.2, 0.25) is 0 Å². The molecule has 0 atom stereocenters. The molecule has 3 heteroatoms. The molecule has 0 aromatic rings. The van der Waals surface area contributed by atoms with Crippen molar-refractivity contribution in [3.05, 3.63) is 24.5 Å². The molecule has 0 radical (unpaired) electrons. The molecule has 0 rings (SSSR count). The molecule has 0 saturated heterocycles. The molecule has 0 fully saturated rings. The highest BCUT2D eigenvalue weighted by Crippen LogP contribution is 1.99. The average molecular weight is 114 g/mol. The zero-order valence-corrected chi connectivity index (χ0v) is 4.68. The highest BCUT2D eigenvalue weighted by Gasteiger charge is 1.93. The maximum absolute atomic E-state index is 5.15. The zero-order chi connectivity index (χ0) is 6.57. The van der Waals surface area contributed by atoms with E-state index in [9.17, 15) is 0 Å². The molecule has 3 nitrogen and oxygen atoms in total. The first kappa shape index (κ1) is 7.20. The fraction of sp³-hybridized carbons (Fsp3) is 0.200. The lowest BCUT2D eigenvalue weighted by atomic mass is 10.3. The van der Waals surface area contributed by atoms with Crippen LogP contribution in [0.15, 0.2) is 24.5 Å². The number of rotatable bonds is 3. The van der Waals surface area contributed by atoms with Crippen molar-refractivity contribution in [3.63, 3.8) is 0 Å². The minimum atomic E-state index is 0.329. The summed E-state index contributed by atoms with van der Waals surface area (Å²) in [6, 6.07) is 0. The Morgan fingerprint density at radius 1 is 1.50 bits per heavy atom. The van der Waals surface area contributed by atoms with Crippen molar-refractivity contribution in [1.82, 2.24) is 0 Å². The first-order chi connectivity index (χ1) is 3.72. The predicted molar refractivity (Wildman–Crippen MR) is 32.6 cm³/mol. The summed E-state index contributed by atoms with van der Waals surface area (Å²) >= 11 is 0. The van der Waals surface area contributed by atoms with Crippen molar-refractivity contribution < 1.29 is 4.84 Å². The van der Waals surface area contributed by atoms with E-state index in [0.717, 1.165) is 0 Å². The van der Waals surface area contributed by atoms with Crippen molar-refractivity contribution in [1.29, 1.82) is 0 Å². The van der Waals surface area contributed by atoms with Crippen molar-refractivity contribution in [2.24, 2.45) is 11.6 Å². The van der Waals surface area contributed by atoms with Crippen LogP contribution in [0.25, 0.3) is 0 Å². The third kappa shape index (κ3) is 1.77. The van der Waals surface area contributed by atoms with E-state index in [1.54, 1.807) is 0 Å². The van der Waals surface area contributed by atoms with Gasteiger partial charge >= 0.3 is 0 Å². The van der Waals surface area contributed by atoms with Crippen molar-refractivity contribution in [3.8, 4) is 0 Å². The van der Waals surface area contributed by atoms with Gasteiger partial charge in [0, 0.05) is 12.1 Å². The van der Waals surface area contributed by atoms with Crippen LogP contribution in [0.1, 0.15) is 0 Å². The number of hydrogen-bond acceptors (Lipinski definition) is 3. The van der Waals surface area contributed by atoms with Gasteiger partial charge in [0.05, 0.1) is 0 Å². The molecule has 0 saturated carbocycles. The lowest BCUT2D eigenvalue weighted by Gasteiger charge is -2.01. The van der Waals surface area contributed by atoms with Crippen molar-refractivity contribution in [2.45, 2.75) is 0 Å². The third-order valence-corrected chi connectivity index (χ3v) is 0.783. The van der Waals surface area contributed by atoms with E-state index in [0.29, 0.717) is 17.9 Å². The standard InChI is InChI=1S/C5H10N2O/c1-4(3-6)5(2)8-7/h1-3,6-7H2. The molecule has 0 aromatic carbocycles. The molecule has 0 heterocycles. The SMILES string of the molecule is C=C(CN)C(=C)ON. The Labute approximate surface area is 48.6 Å². The highest BCUT2D eigenvalue weighted by molar-refractivity contribution is 5.19. The quantitative estimate of drug-likeness (QED) is 0.306. The van der Waals surface area contributed by atoms with Gasteiger partial charge in [-0.2, -0.15) is 5.90 Å². The summed E-state index contributed by atoms with van der Waals surface area (Å²) in [5, 5.41) is 0. The van der Waals surface area contributed by atoms with Gasteiger partial charge in [-0.05, 0) is 0 Å². The van der Waals surface area contributed by atoms with Gasteiger partial charge in [0.15, 0.2) is 0 Å². The molecule has 46 valence electrons. The Morgan fingerprint density at radius 3 is 2.12 bits per heavy atom. The van der Waals surface area contributed by atoms with E-state index in [-0.39, 0.29) is 0 Å². The Morgan fingerprint density at radius 2 is 2.00 bits per heavy atom. The van der Waals surface area contributed by atoms with Crippen molar-refractivity contribution >= 4 is 0 Å². The van der Waals surface area contributed by atoms with Crippen LogP contribution in [-0.4, -0.2) is 6.54 Å². The lowest BCUT2D eigenvalue weighted by molar-refractivity contribution is 0.230. The summed E-state index contributed by atoms with van der Waals surface area (Å²) < 4.78 is 0. The van der Waals surface area contributed by atoms with Gasteiger partial charge < -0.3 is 10.6 Å². The maximum atomic E-state index is 5.15. The number of hydrogen-bond donors (Lipinski definition) is 2. The Kier molecular flexibility index (Phi) is 2.91. The van der Waals surface area contributed by atoms with Crippen LogP contribution in [0.5, 0.6) is 0 Å². The van der Waals surface area contributed by atoms with E-state index in [4.69, 9.17) is 11.6 Å². The van der Waals surface area contributed by atoms with E-state index in [1.807, 2.05) is 0 Å². The second-order valence-corrected chi connectivity index (χ2v) is 1.35. The Balaban J connectivity index is 3.64. The minimum absolute atomic E-state index is 0.329.